The molecule has 0 atom stereocenters. The Labute approximate surface area is 107 Å². The topological polar surface area (TPSA) is 56.7 Å². The van der Waals surface area contributed by atoms with Crippen molar-refractivity contribution in [2.45, 2.75) is 38.6 Å². The molecule has 0 aliphatic heterocycles. The predicted molar refractivity (Wildman–Crippen MR) is 70.6 cm³/mol. The van der Waals surface area contributed by atoms with Crippen LogP contribution in [0.2, 0.25) is 0 Å². The molecule has 1 aliphatic carbocycles. The monoisotopic (exact) mass is 242 g/mol. The van der Waals surface area contributed by atoms with Crippen LogP contribution in [0.4, 0.5) is 0 Å². The molecule has 0 aromatic carbocycles. The van der Waals surface area contributed by atoms with Gasteiger partial charge < -0.3 is 5.73 Å². The van der Waals surface area contributed by atoms with E-state index in [0.29, 0.717) is 12.5 Å². The number of aryl methyl sites for hydroxylation is 1. The van der Waals surface area contributed by atoms with Crippen LogP contribution < -0.4 is 5.73 Å². The third-order valence-electron chi connectivity index (χ3n) is 3.36. The molecule has 0 amide bonds. The summed E-state index contributed by atoms with van der Waals surface area (Å²) >= 11 is 0. The van der Waals surface area contributed by atoms with Gasteiger partial charge >= 0.3 is 0 Å². The zero-order chi connectivity index (χ0) is 12.5. The van der Waals surface area contributed by atoms with Gasteiger partial charge in [0.15, 0.2) is 5.82 Å². The van der Waals surface area contributed by atoms with Crippen LogP contribution in [-0.4, -0.2) is 14.8 Å². The van der Waals surface area contributed by atoms with Crippen LogP contribution in [0.5, 0.6) is 0 Å². The standard InChI is InChI=1S/C14H18N4/c1-2-12-7-10(9-15)8-14(16-12)18-6-5-13(17-18)11-3-4-11/h5-8,11H,2-4,9,15H2,1H3. The minimum Gasteiger partial charge on any atom is -0.326 e. The molecule has 2 aromatic heterocycles. The Hall–Kier alpha value is -1.68. The molecule has 0 unspecified atom stereocenters. The van der Waals surface area contributed by atoms with E-state index in [1.165, 1.54) is 18.5 Å². The molecule has 0 bridgehead atoms. The maximum Gasteiger partial charge on any atom is 0.153 e. The predicted octanol–water partition coefficient (Wildman–Crippen LogP) is 2.17. The Balaban J connectivity index is 1.97. The summed E-state index contributed by atoms with van der Waals surface area (Å²) in [7, 11) is 0. The Bertz CT molecular complexity index is 532. The van der Waals surface area contributed by atoms with Crippen LogP contribution in [0, 0.1) is 0 Å². The van der Waals surface area contributed by atoms with Gasteiger partial charge in [-0.25, -0.2) is 9.67 Å². The summed E-state index contributed by atoms with van der Waals surface area (Å²) in [5.41, 5.74) is 9.09. The number of nitrogens with zero attached hydrogens (tertiary/aromatic N) is 3. The molecular weight excluding hydrogens is 224 g/mol. The maximum atomic E-state index is 5.73. The summed E-state index contributed by atoms with van der Waals surface area (Å²) in [6, 6.07) is 6.18. The Morgan fingerprint density at radius 1 is 1.39 bits per heavy atom. The molecule has 2 N–H and O–H groups in total. The first-order valence-electron chi connectivity index (χ1n) is 6.56. The highest BCUT2D eigenvalue weighted by Crippen LogP contribution is 2.38. The van der Waals surface area contributed by atoms with Crippen LogP contribution in [-0.2, 0) is 13.0 Å². The van der Waals surface area contributed by atoms with Crippen molar-refractivity contribution in [3.8, 4) is 5.82 Å². The van der Waals surface area contributed by atoms with Crippen molar-refractivity contribution >= 4 is 0 Å². The fourth-order valence-electron chi connectivity index (χ4n) is 2.11. The summed E-state index contributed by atoms with van der Waals surface area (Å²) in [4.78, 5) is 4.61. The molecule has 0 saturated heterocycles. The third kappa shape index (κ3) is 2.16. The number of nitrogens with two attached hydrogens (primary N) is 1. The summed E-state index contributed by atoms with van der Waals surface area (Å²) in [6.45, 7) is 2.64. The summed E-state index contributed by atoms with van der Waals surface area (Å²) in [6.07, 6.45) is 5.45. The van der Waals surface area contributed by atoms with Crippen molar-refractivity contribution in [3.63, 3.8) is 0 Å². The molecule has 94 valence electrons. The fraction of sp³-hybridized carbons (Fsp3) is 0.429. The van der Waals surface area contributed by atoms with Crippen molar-refractivity contribution in [1.29, 1.82) is 0 Å². The third-order valence-corrected chi connectivity index (χ3v) is 3.36. The van der Waals surface area contributed by atoms with Crippen LogP contribution in [0.3, 0.4) is 0 Å². The zero-order valence-corrected chi connectivity index (χ0v) is 10.6. The minimum atomic E-state index is 0.541. The normalized spacial score (nSPS) is 15.0. The molecule has 18 heavy (non-hydrogen) atoms. The van der Waals surface area contributed by atoms with Crippen LogP contribution in [0.25, 0.3) is 5.82 Å². The second-order valence-corrected chi connectivity index (χ2v) is 4.84. The average molecular weight is 242 g/mol. The number of aromatic nitrogens is 3. The van der Waals surface area contributed by atoms with Crippen molar-refractivity contribution in [3.05, 3.63) is 41.3 Å². The minimum absolute atomic E-state index is 0.541. The molecule has 4 nitrogen and oxygen atoms in total. The van der Waals surface area contributed by atoms with E-state index in [0.717, 1.165) is 23.5 Å². The molecule has 2 aromatic rings. The highest BCUT2D eigenvalue weighted by Gasteiger charge is 2.26. The van der Waals surface area contributed by atoms with Gasteiger partial charge in [-0.3, -0.25) is 0 Å². The lowest BCUT2D eigenvalue weighted by Crippen LogP contribution is -2.05. The van der Waals surface area contributed by atoms with Gasteiger partial charge in [0.05, 0.1) is 5.69 Å². The van der Waals surface area contributed by atoms with E-state index < -0.39 is 0 Å². The molecular formula is C14H18N4. The van der Waals surface area contributed by atoms with Crippen molar-refractivity contribution < 1.29 is 0 Å². The van der Waals surface area contributed by atoms with E-state index in [1.54, 1.807) is 0 Å². The van der Waals surface area contributed by atoms with Crippen LogP contribution in [0.1, 0.15) is 42.6 Å². The number of hydrogen-bond acceptors (Lipinski definition) is 3. The molecule has 1 fully saturated rings. The van der Waals surface area contributed by atoms with Crippen molar-refractivity contribution in [2.24, 2.45) is 5.73 Å². The highest BCUT2D eigenvalue weighted by molar-refractivity contribution is 5.31. The van der Waals surface area contributed by atoms with Crippen molar-refractivity contribution in [2.75, 3.05) is 0 Å². The average Bonchev–Trinajstić information content (AvgIpc) is 3.15. The summed E-state index contributed by atoms with van der Waals surface area (Å²) in [5.74, 6) is 1.55. The van der Waals surface area contributed by atoms with Gasteiger partial charge in [0, 0.05) is 24.4 Å². The van der Waals surface area contributed by atoms with E-state index in [4.69, 9.17) is 5.73 Å². The molecule has 3 rings (SSSR count). The number of pyridine rings is 1. The van der Waals surface area contributed by atoms with Crippen LogP contribution >= 0.6 is 0 Å². The zero-order valence-electron chi connectivity index (χ0n) is 10.6. The largest absolute Gasteiger partial charge is 0.326 e. The van der Waals surface area contributed by atoms with E-state index in [1.807, 2.05) is 16.9 Å². The van der Waals surface area contributed by atoms with E-state index in [-0.39, 0.29) is 0 Å². The van der Waals surface area contributed by atoms with Gasteiger partial charge in [-0.1, -0.05) is 6.92 Å². The molecule has 1 saturated carbocycles. The van der Waals surface area contributed by atoms with E-state index >= 15 is 0 Å². The number of rotatable bonds is 4. The van der Waals surface area contributed by atoms with Crippen molar-refractivity contribution in [1.82, 2.24) is 14.8 Å². The molecule has 1 aliphatic rings. The first-order valence-corrected chi connectivity index (χ1v) is 6.56. The number of hydrogen-bond donors (Lipinski definition) is 1. The maximum absolute atomic E-state index is 5.73. The molecule has 2 heterocycles. The quantitative estimate of drug-likeness (QED) is 0.894. The van der Waals surface area contributed by atoms with Gasteiger partial charge in [-0.15, -0.1) is 0 Å². The summed E-state index contributed by atoms with van der Waals surface area (Å²) in [5, 5.41) is 4.61. The lowest BCUT2D eigenvalue weighted by atomic mass is 10.2. The fourth-order valence-corrected chi connectivity index (χ4v) is 2.11. The van der Waals surface area contributed by atoms with Gasteiger partial charge in [-0.05, 0) is 43.0 Å². The Morgan fingerprint density at radius 2 is 2.22 bits per heavy atom. The second kappa shape index (κ2) is 4.53. The smallest absolute Gasteiger partial charge is 0.153 e. The molecule has 4 heteroatoms. The Kier molecular flexibility index (Phi) is 2.88. The SMILES string of the molecule is CCc1cc(CN)cc(-n2ccc(C3CC3)n2)n1. The first-order chi connectivity index (χ1) is 8.80. The molecule has 0 radical (unpaired) electrons. The second-order valence-electron chi connectivity index (χ2n) is 4.84. The highest BCUT2D eigenvalue weighted by atomic mass is 15.3. The van der Waals surface area contributed by atoms with Crippen LogP contribution in [0.15, 0.2) is 24.4 Å². The molecule has 0 spiro atoms. The summed E-state index contributed by atoms with van der Waals surface area (Å²) < 4.78 is 1.87. The van der Waals surface area contributed by atoms with Gasteiger partial charge in [0.25, 0.3) is 0 Å². The van der Waals surface area contributed by atoms with E-state index in [9.17, 15) is 0 Å². The first kappa shape index (κ1) is 11.4. The lowest BCUT2D eigenvalue weighted by Gasteiger charge is -2.06. The van der Waals surface area contributed by atoms with Gasteiger partial charge in [0.2, 0.25) is 0 Å². The van der Waals surface area contributed by atoms with E-state index in [2.05, 4.69) is 29.1 Å². The lowest BCUT2D eigenvalue weighted by molar-refractivity contribution is 0.799. The van der Waals surface area contributed by atoms with Gasteiger partial charge in [-0.2, -0.15) is 5.10 Å². The van der Waals surface area contributed by atoms with Gasteiger partial charge in [0.1, 0.15) is 0 Å². The Morgan fingerprint density at radius 3 is 2.89 bits per heavy atom.